The van der Waals surface area contributed by atoms with Gasteiger partial charge >= 0.3 is 0 Å². The van der Waals surface area contributed by atoms with Gasteiger partial charge in [0.15, 0.2) is 0 Å². The van der Waals surface area contributed by atoms with Crippen molar-refractivity contribution in [3.05, 3.63) is 89.2 Å². The average molecular weight is 285 g/mol. The van der Waals surface area contributed by atoms with E-state index in [1.807, 2.05) is 12.4 Å². The Balaban J connectivity index is 1.79. The predicted octanol–water partition coefficient (Wildman–Crippen LogP) is 4.63. The van der Waals surface area contributed by atoms with E-state index < -0.39 is 0 Å². The first-order valence-corrected chi connectivity index (χ1v) is 7.98. The molecule has 7 rings (SSSR count). The third-order valence-corrected chi connectivity index (χ3v) is 4.57. The van der Waals surface area contributed by atoms with Crippen molar-refractivity contribution >= 4 is 0 Å². The highest BCUT2D eigenvalue weighted by Gasteiger charge is 2.09. The number of benzene rings is 2. The zero-order valence-electron chi connectivity index (χ0n) is 12.6. The Bertz CT molecular complexity index is 773. The molecular formula is C21H19N. The highest BCUT2D eigenvalue weighted by atomic mass is 14.6. The predicted molar refractivity (Wildman–Crippen MR) is 90.9 cm³/mol. The van der Waals surface area contributed by atoms with Gasteiger partial charge in [0.25, 0.3) is 0 Å². The molecule has 1 aromatic heterocycles. The quantitative estimate of drug-likeness (QED) is 0.635. The van der Waals surface area contributed by atoms with Crippen LogP contribution in [0.1, 0.15) is 22.3 Å². The fourth-order valence-corrected chi connectivity index (χ4v) is 3.24. The fourth-order valence-electron chi connectivity index (χ4n) is 3.24. The lowest BCUT2D eigenvalue weighted by Gasteiger charge is -2.14. The molecule has 108 valence electrons. The van der Waals surface area contributed by atoms with Crippen LogP contribution in [0.2, 0.25) is 0 Å². The standard InChI is InChI=1S/C21H19N/c1-3-17-4-2-16(1)5-6-18-8-10-19(9-7-17)21(15-18)20-11-13-22-14-12-20/h1-4,8,10-15H,5-7,9H2. The maximum Gasteiger partial charge on any atom is 0.0273 e. The largest absolute Gasteiger partial charge is 0.265 e. The van der Waals surface area contributed by atoms with Crippen molar-refractivity contribution in [1.82, 2.24) is 4.98 Å². The molecule has 22 heavy (non-hydrogen) atoms. The summed E-state index contributed by atoms with van der Waals surface area (Å²) in [6.07, 6.45) is 8.14. The summed E-state index contributed by atoms with van der Waals surface area (Å²) in [5.74, 6) is 0. The molecule has 0 unspecified atom stereocenters. The third-order valence-electron chi connectivity index (χ3n) is 4.57. The van der Waals surface area contributed by atoms with E-state index in [0.29, 0.717) is 0 Å². The zero-order chi connectivity index (χ0) is 14.8. The van der Waals surface area contributed by atoms with Gasteiger partial charge in [0.2, 0.25) is 0 Å². The van der Waals surface area contributed by atoms with Gasteiger partial charge in [-0.05, 0) is 71.2 Å². The van der Waals surface area contributed by atoms with E-state index in [9.17, 15) is 0 Å². The Labute approximate surface area is 131 Å². The molecule has 0 saturated heterocycles. The topological polar surface area (TPSA) is 12.9 Å². The molecule has 0 N–H and O–H groups in total. The van der Waals surface area contributed by atoms with Crippen LogP contribution in [0.3, 0.4) is 0 Å². The van der Waals surface area contributed by atoms with Gasteiger partial charge in [-0.3, -0.25) is 4.98 Å². The van der Waals surface area contributed by atoms with Crippen LogP contribution in [0.15, 0.2) is 67.0 Å². The second-order valence-electron chi connectivity index (χ2n) is 6.04. The summed E-state index contributed by atoms with van der Waals surface area (Å²) in [6.45, 7) is 0. The fraction of sp³-hybridized carbons (Fsp3) is 0.190. The summed E-state index contributed by atoms with van der Waals surface area (Å²) in [5.41, 5.74) is 8.35. The van der Waals surface area contributed by atoms with Crippen LogP contribution < -0.4 is 0 Å². The van der Waals surface area contributed by atoms with Gasteiger partial charge in [-0.25, -0.2) is 0 Å². The molecule has 4 aliphatic carbocycles. The number of rotatable bonds is 1. The maximum atomic E-state index is 4.15. The van der Waals surface area contributed by atoms with Crippen LogP contribution >= 0.6 is 0 Å². The van der Waals surface area contributed by atoms with Crippen LogP contribution in [0.5, 0.6) is 0 Å². The van der Waals surface area contributed by atoms with Crippen molar-refractivity contribution in [2.75, 3.05) is 0 Å². The van der Waals surface area contributed by atoms with Crippen molar-refractivity contribution < 1.29 is 0 Å². The molecular weight excluding hydrogens is 266 g/mol. The summed E-state index contributed by atoms with van der Waals surface area (Å²) >= 11 is 0. The average Bonchev–Trinajstić information content (AvgIpc) is 2.58. The van der Waals surface area contributed by atoms with Gasteiger partial charge in [-0.1, -0.05) is 42.5 Å². The van der Waals surface area contributed by atoms with Crippen LogP contribution in [0, 0.1) is 0 Å². The molecule has 0 fully saturated rings. The van der Waals surface area contributed by atoms with Crippen molar-refractivity contribution in [2.45, 2.75) is 25.7 Å². The van der Waals surface area contributed by atoms with Crippen LogP contribution in [-0.2, 0) is 25.7 Å². The van der Waals surface area contributed by atoms with E-state index in [1.54, 1.807) is 0 Å². The first-order chi connectivity index (χ1) is 10.9. The lowest BCUT2D eigenvalue weighted by atomic mass is 9.91. The first kappa shape index (κ1) is 13.3. The summed E-state index contributed by atoms with van der Waals surface area (Å²) < 4.78 is 0. The Hall–Kier alpha value is -2.41. The minimum Gasteiger partial charge on any atom is -0.265 e. The summed E-state index contributed by atoms with van der Waals surface area (Å²) in [7, 11) is 0. The zero-order valence-corrected chi connectivity index (χ0v) is 12.6. The Morgan fingerprint density at radius 3 is 1.91 bits per heavy atom. The third kappa shape index (κ3) is 2.67. The Morgan fingerprint density at radius 1 is 0.591 bits per heavy atom. The number of nitrogens with zero attached hydrogens (tertiary/aromatic N) is 1. The lowest BCUT2D eigenvalue weighted by Crippen LogP contribution is -2.00. The molecule has 3 aromatic rings. The van der Waals surface area contributed by atoms with Gasteiger partial charge < -0.3 is 0 Å². The van der Waals surface area contributed by atoms with Gasteiger partial charge in [0.1, 0.15) is 0 Å². The number of pyridine rings is 1. The molecule has 0 aliphatic heterocycles. The van der Waals surface area contributed by atoms with E-state index in [-0.39, 0.29) is 0 Å². The normalized spacial score (nSPS) is 13.6. The van der Waals surface area contributed by atoms with Crippen LogP contribution in [0.4, 0.5) is 0 Å². The maximum absolute atomic E-state index is 4.15. The van der Waals surface area contributed by atoms with Crippen LogP contribution in [0.25, 0.3) is 11.1 Å². The number of aromatic nitrogens is 1. The molecule has 0 spiro atoms. The summed E-state index contributed by atoms with van der Waals surface area (Å²) in [4.78, 5) is 4.15. The van der Waals surface area contributed by atoms with Crippen molar-refractivity contribution in [3.8, 4) is 11.1 Å². The number of hydrogen-bond donors (Lipinski definition) is 0. The summed E-state index contributed by atoms with van der Waals surface area (Å²) in [5, 5.41) is 0. The molecule has 0 saturated carbocycles. The van der Waals surface area contributed by atoms with Crippen molar-refractivity contribution in [1.29, 1.82) is 0 Å². The lowest BCUT2D eigenvalue weighted by molar-refractivity contribution is 0.923. The van der Waals surface area contributed by atoms with E-state index in [0.717, 1.165) is 25.7 Å². The second kappa shape index (κ2) is 5.76. The molecule has 4 bridgehead atoms. The minimum absolute atomic E-state index is 1.08. The first-order valence-electron chi connectivity index (χ1n) is 7.98. The molecule has 4 aliphatic rings. The van der Waals surface area contributed by atoms with E-state index in [2.05, 4.69) is 59.6 Å². The second-order valence-corrected chi connectivity index (χ2v) is 6.04. The minimum atomic E-state index is 1.08. The van der Waals surface area contributed by atoms with Crippen LogP contribution in [-0.4, -0.2) is 4.98 Å². The van der Waals surface area contributed by atoms with Gasteiger partial charge in [-0.15, -0.1) is 0 Å². The smallest absolute Gasteiger partial charge is 0.0273 e. The van der Waals surface area contributed by atoms with Gasteiger partial charge in [0.05, 0.1) is 0 Å². The monoisotopic (exact) mass is 285 g/mol. The Morgan fingerprint density at radius 2 is 1.18 bits per heavy atom. The molecule has 1 nitrogen and oxygen atoms in total. The Kier molecular flexibility index (Phi) is 3.48. The number of aryl methyl sites for hydroxylation is 4. The molecule has 0 radical (unpaired) electrons. The van der Waals surface area contributed by atoms with E-state index >= 15 is 0 Å². The molecule has 2 aromatic carbocycles. The van der Waals surface area contributed by atoms with Gasteiger partial charge in [-0.2, -0.15) is 0 Å². The van der Waals surface area contributed by atoms with E-state index in [4.69, 9.17) is 0 Å². The van der Waals surface area contributed by atoms with Crippen molar-refractivity contribution in [2.24, 2.45) is 0 Å². The summed E-state index contributed by atoms with van der Waals surface area (Å²) in [6, 6.07) is 20.4. The molecule has 0 amide bonds. The molecule has 1 heteroatoms. The highest BCUT2D eigenvalue weighted by Crippen LogP contribution is 2.27. The number of hydrogen-bond acceptors (Lipinski definition) is 1. The van der Waals surface area contributed by atoms with Crippen molar-refractivity contribution in [3.63, 3.8) is 0 Å². The SMILES string of the molecule is c1cc(-c2cc3ccc2CCc2ccc(cc2)CC3)ccn1. The van der Waals surface area contributed by atoms with E-state index in [1.165, 1.54) is 33.4 Å². The van der Waals surface area contributed by atoms with Gasteiger partial charge in [0, 0.05) is 12.4 Å². The molecule has 1 heterocycles. The highest BCUT2D eigenvalue weighted by molar-refractivity contribution is 5.68. The molecule has 0 atom stereocenters.